The van der Waals surface area contributed by atoms with Crippen molar-refractivity contribution in [1.82, 2.24) is 10.2 Å². The van der Waals surface area contributed by atoms with E-state index in [-0.39, 0.29) is 17.7 Å². The van der Waals surface area contributed by atoms with E-state index in [0.717, 1.165) is 11.1 Å². The third-order valence-corrected chi connectivity index (χ3v) is 5.31. The van der Waals surface area contributed by atoms with E-state index in [1.807, 2.05) is 54.6 Å². The molecule has 0 bridgehead atoms. The summed E-state index contributed by atoms with van der Waals surface area (Å²) in [6, 6.07) is 15.3. The Hall–Kier alpha value is -3.28. The molecule has 1 heterocycles. The fourth-order valence-electron chi connectivity index (χ4n) is 3.52. The number of rotatable bonds is 7. The summed E-state index contributed by atoms with van der Waals surface area (Å²) in [6.07, 6.45) is 4.77. The number of amides is 2. The Kier molecular flexibility index (Phi) is 7.49. The average Bonchev–Trinajstić information content (AvgIpc) is 2.81. The van der Waals surface area contributed by atoms with Gasteiger partial charge >= 0.3 is 0 Å². The van der Waals surface area contributed by atoms with Crippen LogP contribution in [0.2, 0.25) is 0 Å². The first kappa shape index (κ1) is 21.4. The van der Waals surface area contributed by atoms with Gasteiger partial charge in [-0.25, -0.2) is 0 Å². The summed E-state index contributed by atoms with van der Waals surface area (Å²) in [6.45, 7) is 1.61. The Morgan fingerprint density at radius 2 is 1.73 bits per heavy atom. The van der Waals surface area contributed by atoms with Gasteiger partial charge in [-0.1, -0.05) is 36.4 Å². The van der Waals surface area contributed by atoms with Gasteiger partial charge in [-0.2, -0.15) is 0 Å². The summed E-state index contributed by atoms with van der Waals surface area (Å²) in [5, 5.41) is 3.00. The summed E-state index contributed by atoms with van der Waals surface area (Å²) in [4.78, 5) is 26.7. The first-order chi connectivity index (χ1) is 14.6. The van der Waals surface area contributed by atoms with Gasteiger partial charge in [-0.15, -0.1) is 0 Å². The fraction of sp³-hybridized carbons (Fsp3) is 0.333. The van der Waals surface area contributed by atoms with Crippen molar-refractivity contribution in [3.8, 4) is 11.5 Å². The summed E-state index contributed by atoms with van der Waals surface area (Å²) < 4.78 is 10.5. The third kappa shape index (κ3) is 5.63. The Balaban J connectivity index is 1.46. The zero-order chi connectivity index (χ0) is 21.3. The second-order valence-corrected chi connectivity index (χ2v) is 7.25. The van der Waals surface area contributed by atoms with Crippen molar-refractivity contribution < 1.29 is 19.1 Å². The second kappa shape index (κ2) is 10.5. The minimum atomic E-state index is -0.0766. The lowest BCUT2D eigenvalue weighted by Crippen LogP contribution is -2.42. The van der Waals surface area contributed by atoms with Gasteiger partial charge in [0.15, 0.2) is 11.5 Å². The Bertz CT molecular complexity index is 887. The molecule has 1 saturated heterocycles. The maximum Gasteiger partial charge on any atom is 0.246 e. The van der Waals surface area contributed by atoms with Crippen LogP contribution in [0.15, 0.2) is 54.6 Å². The third-order valence-electron chi connectivity index (χ3n) is 5.31. The van der Waals surface area contributed by atoms with Crippen LogP contribution in [-0.4, -0.2) is 44.0 Å². The highest BCUT2D eigenvalue weighted by Crippen LogP contribution is 2.27. The van der Waals surface area contributed by atoms with Gasteiger partial charge in [0, 0.05) is 31.6 Å². The van der Waals surface area contributed by atoms with E-state index in [4.69, 9.17) is 9.47 Å². The average molecular weight is 408 g/mol. The lowest BCUT2D eigenvalue weighted by molar-refractivity contribution is -0.132. The highest BCUT2D eigenvalue weighted by Gasteiger charge is 2.26. The number of benzene rings is 2. The van der Waals surface area contributed by atoms with Crippen LogP contribution < -0.4 is 14.8 Å². The van der Waals surface area contributed by atoms with Crippen molar-refractivity contribution in [3.05, 3.63) is 65.7 Å². The predicted octanol–water partition coefficient (Wildman–Crippen LogP) is 3.27. The van der Waals surface area contributed by atoms with E-state index >= 15 is 0 Å². The zero-order valence-electron chi connectivity index (χ0n) is 17.5. The molecule has 1 aliphatic heterocycles. The first-order valence-corrected chi connectivity index (χ1v) is 10.1. The van der Waals surface area contributed by atoms with E-state index in [0.29, 0.717) is 44.0 Å². The van der Waals surface area contributed by atoms with Crippen molar-refractivity contribution in [2.24, 2.45) is 5.92 Å². The lowest BCUT2D eigenvalue weighted by atomic mass is 9.95. The number of carbonyl (C=O) groups excluding carboxylic acids is 2. The van der Waals surface area contributed by atoms with Crippen LogP contribution in [0.1, 0.15) is 24.0 Å². The zero-order valence-corrected chi connectivity index (χ0v) is 17.5. The fourth-order valence-corrected chi connectivity index (χ4v) is 3.52. The first-order valence-electron chi connectivity index (χ1n) is 10.1. The normalized spacial score (nSPS) is 14.5. The maximum atomic E-state index is 12.6. The molecule has 0 aromatic heterocycles. The molecule has 1 fully saturated rings. The van der Waals surface area contributed by atoms with Gasteiger partial charge in [0.05, 0.1) is 14.2 Å². The molecule has 1 aliphatic rings. The molecule has 0 radical (unpaired) electrons. The number of hydrogen-bond donors (Lipinski definition) is 1. The van der Waals surface area contributed by atoms with E-state index in [9.17, 15) is 9.59 Å². The molecule has 2 amide bonds. The number of carbonyl (C=O) groups is 2. The van der Waals surface area contributed by atoms with Gasteiger partial charge in [-0.3, -0.25) is 9.59 Å². The van der Waals surface area contributed by atoms with Crippen molar-refractivity contribution in [2.75, 3.05) is 27.3 Å². The molecule has 2 aromatic carbocycles. The van der Waals surface area contributed by atoms with E-state index < -0.39 is 0 Å². The van der Waals surface area contributed by atoms with Crippen molar-refractivity contribution in [3.63, 3.8) is 0 Å². The van der Waals surface area contributed by atoms with Crippen LogP contribution in [0.3, 0.4) is 0 Å². The minimum Gasteiger partial charge on any atom is -0.493 e. The SMILES string of the molecule is COc1ccc(CNC(=O)C2CCN(C(=O)/C=C\c3ccccc3)CC2)cc1OC. The van der Waals surface area contributed by atoms with Gasteiger partial charge < -0.3 is 19.7 Å². The summed E-state index contributed by atoms with van der Waals surface area (Å²) in [5.74, 6) is 1.23. The molecule has 0 aliphatic carbocycles. The standard InChI is InChI=1S/C24H28N2O4/c1-29-21-10-8-19(16-22(21)30-2)17-25-24(28)20-12-14-26(15-13-20)23(27)11-9-18-6-4-3-5-7-18/h3-11,16,20H,12-15,17H2,1-2H3,(H,25,28)/b11-9-. The predicted molar refractivity (Wildman–Crippen MR) is 116 cm³/mol. The minimum absolute atomic E-state index is 0.0111. The molecule has 0 unspecified atom stereocenters. The van der Waals surface area contributed by atoms with Crippen molar-refractivity contribution in [2.45, 2.75) is 19.4 Å². The van der Waals surface area contributed by atoms with Crippen molar-refractivity contribution in [1.29, 1.82) is 0 Å². The lowest BCUT2D eigenvalue weighted by Gasteiger charge is -2.30. The number of ether oxygens (including phenoxy) is 2. The molecular weight excluding hydrogens is 380 g/mol. The number of hydrogen-bond acceptors (Lipinski definition) is 4. The molecule has 6 heteroatoms. The second-order valence-electron chi connectivity index (χ2n) is 7.25. The number of piperidine rings is 1. The molecule has 0 saturated carbocycles. The Morgan fingerprint density at radius 1 is 1.03 bits per heavy atom. The molecule has 0 spiro atoms. The molecule has 3 rings (SSSR count). The number of nitrogens with zero attached hydrogens (tertiary/aromatic N) is 1. The van der Waals surface area contributed by atoms with Gasteiger partial charge in [0.25, 0.3) is 0 Å². The van der Waals surface area contributed by atoms with Gasteiger partial charge in [0.2, 0.25) is 11.8 Å². The summed E-state index contributed by atoms with van der Waals surface area (Å²) in [5.41, 5.74) is 1.94. The largest absolute Gasteiger partial charge is 0.493 e. The summed E-state index contributed by atoms with van der Waals surface area (Å²) in [7, 11) is 3.18. The molecule has 30 heavy (non-hydrogen) atoms. The van der Waals surface area contributed by atoms with Crippen LogP contribution in [0.4, 0.5) is 0 Å². The van der Waals surface area contributed by atoms with Crippen LogP contribution >= 0.6 is 0 Å². The Morgan fingerprint density at radius 3 is 2.40 bits per heavy atom. The molecule has 158 valence electrons. The van der Waals surface area contributed by atoms with E-state index in [1.165, 1.54) is 0 Å². The van der Waals surface area contributed by atoms with Crippen LogP contribution in [0, 0.1) is 5.92 Å². The topological polar surface area (TPSA) is 67.9 Å². The summed E-state index contributed by atoms with van der Waals surface area (Å²) >= 11 is 0. The monoisotopic (exact) mass is 408 g/mol. The maximum absolute atomic E-state index is 12.6. The highest BCUT2D eigenvalue weighted by atomic mass is 16.5. The van der Waals surface area contributed by atoms with E-state index in [1.54, 1.807) is 25.2 Å². The number of likely N-dealkylation sites (tertiary alicyclic amines) is 1. The Labute approximate surface area is 177 Å². The number of methoxy groups -OCH3 is 2. The van der Waals surface area contributed by atoms with Gasteiger partial charge in [0.1, 0.15) is 0 Å². The van der Waals surface area contributed by atoms with Crippen LogP contribution in [0.5, 0.6) is 11.5 Å². The molecule has 6 nitrogen and oxygen atoms in total. The highest BCUT2D eigenvalue weighted by molar-refractivity contribution is 5.92. The number of nitrogens with one attached hydrogen (secondary N) is 1. The van der Waals surface area contributed by atoms with Gasteiger partial charge in [-0.05, 0) is 42.2 Å². The molecular formula is C24H28N2O4. The quantitative estimate of drug-likeness (QED) is 0.714. The van der Waals surface area contributed by atoms with E-state index in [2.05, 4.69) is 5.32 Å². The van der Waals surface area contributed by atoms with Crippen LogP contribution in [0.25, 0.3) is 6.08 Å². The smallest absolute Gasteiger partial charge is 0.246 e. The van der Waals surface area contributed by atoms with Crippen molar-refractivity contribution >= 4 is 17.9 Å². The molecule has 1 N–H and O–H groups in total. The molecule has 0 atom stereocenters. The molecule has 2 aromatic rings. The van der Waals surface area contributed by atoms with Crippen LogP contribution in [-0.2, 0) is 16.1 Å².